The van der Waals surface area contributed by atoms with Crippen molar-refractivity contribution < 1.29 is 14.3 Å². The third-order valence-corrected chi connectivity index (χ3v) is 4.09. The summed E-state index contributed by atoms with van der Waals surface area (Å²) in [7, 11) is 0. The lowest BCUT2D eigenvalue weighted by atomic mass is 10.1. The number of rotatable bonds is 4. The second-order valence-corrected chi connectivity index (χ2v) is 5.65. The number of fused-ring (bicyclic) bond motifs is 1. The third kappa shape index (κ3) is 3.07. The van der Waals surface area contributed by atoms with E-state index in [0.29, 0.717) is 16.8 Å². The number of β-amino-alcohol motifs (C(OH)–C–C–N with tert-alkyl or cyclic N) is 1. The molecule has 0 fully saturated rings. The molecule has 0 saturated heterocycles. The molecular formula is C14H13FN4O2S. The van der Waals surface area contributed by atoms with Gasteiger partial charge in [0.15, 0.2) is 5.17 Å². The number of amides is 1. The van der Waals surface area contributed by atoms with E-state index in [1.807, 2.05) is 0 Å². The molecule has 2 aliphatic heterocycles. The quantitative estimate of drug-likeness (QED) is 0.906. The molecule has 2 aliphatic rings. The Morgan fingerprint density at radius 3 is 2.77 bits per heavy atom. The predicted molar refractivity (Wildman–Crippen MR) is 83.3 cm³/mol. The Balaban J connectivity index is 1.70. The predicted octanol–water partition coefficient (Wildman–Crippen LogP) is 1.26. The van der Waals surface area contributed by atoms with Crippen molar-refractivity contribution in [3.05, 3.63) is 35.6 Å². The lowest BCUT2D eigenvalue weighted by molar-refractivity contribution is -0.118. The molecule has 0 radical (unpaired) electrons. The SMILES string of the molecule is O=C1N=C(SCc2ccc(F)cc2)N=C2C1C=NN2CCO. The lowest BCUT2D eigenvalue weighted by Gasteiger charge is -2.19. The van der Waals surface area contributed by atoms with Gasteiger partial charge in [0.1, 0.15) is 17.6 Å². The highest BCUT2D eigenvalue weighted by Crippen LogP contribution is 2.23. The molecule has 0 aromatic heterocycles. The number of aliphatic imine (C=N–C) groups is 2. The number of thioether (sulfide) groups is 1. The van der Waals surface area contributed by atoms with Crippen molar-refractivity contribution in [3.63, 3.8) is 0 Å². The molecule has 1 unspecified atom stereocenters. The van der Waals surface area contributed by atoms with Crippen molar-refractivity contribution >= 4 is 34.9 Å². The summed E-state index contributed by atoms with van der Waals surface area (Å²) in [6.07, 6.45) is 1.49. The number of amidine groups is 2. The molecule has 1 aromatic rings. The second-order valence-electron chi connectivity index (χ2n) is 4.71. The van der Waals surface area contributed by atoms with E-state index in [-0.39, 0.29) is 24.9 Å². The summed E-state index contributed by atoms with van der Waals surface area (Å²) in [5.41, 5.74) is 0.916. The number of halogens is 1. The first kappa shape index (κ1) is 14.9. The van der Waals surface area contributed by atoms with E-state index < -0.39 is 5.92 Å². The van der Waals surface area contributed by atoms with E-state index in [9.17, 15) is 9.18 Å². The molecule has 0 saturated carbocycles. The van der Waals surface area contributed by atoms with Crippen LogP contribution in [0.5, 0.6) is 0 Å². The Morgan fingerprint density at radius 1 is 1.27 bits per heavy atom. The highest BCUT2D eigenvalue weighted by atomic mass is 32.2. The van der Waals surface area contributed by atoms with E-state index in [1.54, 1.807) is 12.1 Å². The second kappa shape index (κ2) is 6.37. The maximum atomic E-state index is 12.9. The Morgan fingerprint density at radius 2 is 2.05 bits per heavy atom. The summed E-state index contributed by atoms with van der Waals surface area (Å²) in [5, 5.41) is 14.9. The molecule has 1 amide bonds. The van der Waals surface area contributed by atoms with Crippen molar-refractivity contribution in [1.29, 1.82) is 0 Å². The normalized spacial score (nSPS) is 20.0. The molecule has 1 N–H and O–H groups in total. The van der Waals surface area contributed by atoms with Gasteiger partial charge in [-0.25, -0.2) is 14.4 Å². The number of hydrazone groups is 1. The van der Waals surface area contributed by atoms with Gasteiger partial charge in [-0.2, -0.15) is 10.1 Å². The van der Waals surface area contributed by atoms with Crippen LogP contribution in [0, 0.1) is 11.7 Å². The summed E-state index contributed by atoms with van der Waals surface area (Å²) >= 11 is 1.30. The van der Waals surface area contributed by atoms with Gasteiger partial charge in [-0.05, 0) is 17.7 Å². The summed E-state index contributed by atoms with van der Waals surface area (Å²) in [4.78, 5) is 20.3. The van der Waals surface area contributed by atoms with E-state index in [1.165, 1.54) is 35.1 Å². The maximum Gasteiger partial charge on any atom is 0.264 e. The van der Waals surface area contributed by atoms with Gasteiger partial charge in [0.2, 0.25) is 0 Å². The van der Waals surface area contributed by atoms with Crippen molar-refractivity contribution in [2.24, 2.45) is 21.0 Å². The molecule has 3 rings (SSSR count). The van der Waals surface area contributed by atoms with Gasteiger partial charge in [0.25, 0.3) is 5.91 Å². The third-order valence-electron chi connectivity index (χ3n) is 3.17. The molecule has 1 atom stereocenters. The van der Waals surface area contributed by atoms with Gasteiger partial charge >= 0.3 is 0 Å². The maximum absolute atomic E-state index is 12.9. The molecule has 6 nitrogen and oxygen atoms in total. The van der Waals surface area contributed by atoms with Crippen LogP contribution in [0.2, 0.25) is 0 Å². The zero-order valence-electron chi connectivity index (χ0n) is 11.5. The van der Waals surface area contributed by atoms with E-state index >= 15 is 0 Å². The van der Waals surface area contributed by atoms with Gasteiger partial charge in [-0.15, -0.1) is 0 Å². The molecule has 1 aromatic carbocycles. The Kier molecular flexibility index (Phi) is 4.30. The number of hydrogen-bond acceptors (Lipinski definition) is 6. The molecule has 0 aliphatic carbocycles. The largest absolute Gasteiger partial charge is 0.394 e. The minimum Gasteiger partial charge on any atom is -0.394 e. The monoisotopic (exact) mass is 320 g/mol. The number of carbonyl (C=O) groups is 1. The molecule has 2 heterocycles. The Hall–Kier alpha value is -2.06. The first-order chi connectivity index (χ1) is 10.7. The molecule has 8 heteroatoms. The minimum atomic E-state index is -0.554. The highest BCUT2D eigenvalue weighted by molar-refractivity contribution is 8.13. The first-order valence-corrected chi connectivity index (χ1v) is 7.67. The number of aliphatic hydroxyl groups excluding tert-OH is 1. The standard InChI is InChI=1S/C14H13FN4O2S/c15-10-3-1-9(2-4-10)8-22-14-17-12-11(13(21)18-14)7-16-19(12)5-6-20/h1-4,7,11,20H,5-6,8H2. The van der Waals surface area contributed by atoms with Crippen LogP contribution in [-0.4, -0.2) is 46.4 Å². The average molecular weight is 320 g/mol. The Labute approximate surface area is 130 Å². The fourth-order valence-electron chi connectivity index (χ4n) is 2.08. The van der Waals surface area contributed by atoms with E-state index in [4.69, 9.17) is 5.11 Å². The van der Waals surface area contributed by atoms with Gasteiger partial charge in [-0.1, -0.05) is 23.9 Å². The smallest absolute Gasteiger partial charge is 0.264 e. The van der Waals surface area contributed by atoms with Crippen LogP contribution in [0.1, 0.15) is 5.56 Å². The van der Waals surface area contributed by atoms with Gasteiger partial charge < -0.3 is 5.11 Å². The number of nitrogens with zero attached hydrogens (tertiary/aromatic N) is 4. The number of hydrogen-bond donors (Lipinski definition) is 1. The Bertz CT molecular complexity index is 672. The van der Waals surface area contributed by atoms with Crippen LogP contribution < -0.4 is 0 Å². The van der Waals surface area contributed by atoms with Crippen LogP contribution in [0.3, 0.4) is 0 Å². The number of aliphatic hydroxyl groups is 1. The zero-order valence-corrected chi connectivity index (χ0v) is 12.3. The molecule has 0 spiro atoms. The molecule has 0 bridgehead atoms. The fourth-order valence-corrected chi connectivity index (χ4v) is 2.88. The van der Waals surface area contributed by atoms with Gasteiger partial charge in [0.05, 0.1) is 13.2 Å². The van der Waals surface area contributed by atoms with Crippen molar-refractivity contribution in [3.8, 4) is 0 Å². The molecule has 22 heavy (non-hydrogen) atoms. The highest BCUT2D eigenvalue weighted by Gasteiger charge is 2.35. The average Bonchev–Trinajstić information content (AvgIpc) is 2.91. The van der Waals surface area contributed by atoms with Crippen molar-refractivity contribution in [2.75, 3.05) is 13.2 Å². The summed E-state index contributed by atoms with van der Waals surface area (Å²) in [5.74, 6) is -0.118. The van der Waals surface area contributed by atoms with Gasteiger partial charge in [-0.3, -0.25) is 4.79 Å². The fraction of sp³-hybridized carbons (Fsp3) is 0.286. The number of benzene rings is 1. The van der Waals surface area contributed by atoms with E-state index in [2.05, 4.69) is 15.1 Å². The van der Waals surface area contributed by atoms with Crippen molar-refractivity contribution in [1.82, 2.24) is 5.01 Å². The minimum absolute atomic E-state index is 0.0769. The lowest BCUT2D eigenvalue weighted by Crippen LogP contribution is -2.35. The van der Waals surface area contributed by atoms with Crippen LogP contribution >= 0.6 is 11.8 Å². The summed E-state index contributed by atoms with van der Waals surface area (Å²) in [6, 6.07) is 6.14. The topological polar surface area (TPSA) is 77.6 Å². The van der Waals surface area contributed by atoms with Gasteiger partial charge in [0, 0.05) is 12.0 Å². The van der Waals surface area contributed by atoms with Crippen LogP contribution in [0.4, 0.5) is 4.39 Å². The molecular weight excluding hydrogens is 307 g/mol. The van der Waals surface area contributed by atoms with Crippen LogP contribution in [-0.2, 0) is 10.5 Å². The summed E-state index contributed by atoms with van der Waals surface area (Å²) < 4.78 is 12.9. The van der Waals surface area contributed by atoms with Crippen LogP contribution in [0.15, 0.2) is 39.4 Å². The van der Waals surface area contributed by atoms with Crippen molar-refractivity contribution in [2.45, 2.75) is 5.75 Å². The van der Waals surface area contributed by atoms with E-state index in [0.717, 1.165) is 5.56 Å². The first-order valence-electron chi connectivity index (χ1n) is 6.68. The summed E-state index contributed by atoms with van der Waals surface area (Å²) in [6.45, 7) is 0.210. The molecule has 114 valence electrons. The zero-order chi connectivity index (χ0) is 15.5. The van der Waals surface area contributed by atoms with Crippen LogP contribution in [0.25, 0.3) is 0 Å². The number of carbonyl (C=O) groups excluding carboxylic acids is 1.